The van der Waals surface area contributed by atoms with Crippen LogP contribution in [0.3, 0.4) is 0 Å². The fraction of sp³-hybridized carbons (Fsp3) is 0.286. The van der Waals surface area contributed by atoms with E-state index in [9.17, 15) is 0 Å². The summed E-state index contributed by atoms with van der Waals surface area (Å²) in [4.78, 5) is 0. The molecule has 0 spiro atoms. The molecule has 0 fully saturated rings. The van der Waals surface area contributed by atoms with Crippen LogP contribution in [0.4, 0.5) is 0 Å². The van der Waals surface area contributed by atoms with E-state index in [2.05, 4.69) is 101 Å². The first-order valence-corrected chi connectivity index (χ1v) is 18.8. The van der Waals surface area contributed by atoms with Gasteiger partial charge in [0.1, 0.15) is 0 Å². The van der Waals surface area contributed by atoms with E-state index in [4.69, 9.17) is 17.0 Å². The molecule has 0 saturated carbocycles. The molecule has 1 aliphatic rings. The molecule has 0 nitrogen and oxygen atoms in total. The fourth-order valence-electron chi connectivity index (χ4n) is 4.54. The zero-order valence-electron chi connectivity index (χ0n) is 18.8. The Kier molecular flexibility index (Phi) is 6.97. The summed E-state index contributed by atoms with van der Waals surface area (Å²) in [5.74, 6) is 0.978. The van der Waals surface area contributed by atoms with Gasteiger partial charge in [0.2, 0.25) is 0 Å². The molecular formula is C28H29Cl2Zr. The number of rotatable bonds is 5. The van der Waals surface area contributed by atoms with E-state index in [1.807, 2.05) is 0 Å². The Bertz CT molecular complexity index is 1100. The van der Waals surface area contributed by atoms with Crippen molar-refractivity contribution < 1.29 is 19.4 Å². The Morgan fingerprint density at radius 3 is 1.94 bits per heavy atom. The van der Waals surface area contributed by atoms with Crippen molar-refractivity contribution in [3.05, 3.63) is 94.0 Å². The third-order valence-electron chi connectivity index (χ3n) is 6.33. The zero-order chi connectivity index (χ0) is 22.3. The van der Waals surface area contributed by atoms with Crippen LogP contribution in [0.1, 0.15) is 76.5 Å². The first kappa shape index (κ1) is 23.0. The van der Waals surface area contributed by atoms with Gasteiger partial charge in [-0.15, -0.1) is 0 Å². The van der Waals surface area contributed by atoms with Crippen molar-refractivity contribution in [3.8, 4) is 11.1 Å². The molecule has 0 heterocycles. The maximum absolute atomic E-state index is 6.75. The minimum absolute atomic E-state index is 0.167. The summed E-state index contributed by atoms with van der Waals surface area (Å²) in [5, 5.41) is 0. The molecule has 3 heteroatoms. The third kappa shape index (κ3) is 4.52. The molecule has 31 heavy (non-hydrogen) atoms. The quantitative estimate of drug-likeness (QED) is 0.310. The van der Waals surface area contributed by atoms with Crippen LogP contribution < -0.4 is 0 Å². The van der Waals surface area contributed by atoms with Gasteiger partial charge in [0, 0.05) is 0 Å². The first-order valence-electron chi connectivity index (χ1n) is 11.0. The van der Waals surface area contributed by atoms with E-state index < -0.39 is 19.4 Å². The van der Waals surface area contributed by atoms with E-state index in [-0.39, 0.29) is 3.63 Å². The van der Waals surface area contributed by atoms with Gasteiger partial charge in [0.15, 0.2) is 0 Å². The Morgan fingerprint density at radius 2 is 1.39 bits per heavy atom. The number of hydrogen-bond acceptors (Lipinski definition) is 0. The molecule has 0 bridgehead atoms. The van der Waals surface area contributed by atoms with Gasteiger partial charge >= 0.3 is 203 Å². The number of halogens is 2. The van der Waals surface area contributed by atoms with Gasteiger partial charge < -0.3 is 0 Å². The monoisotopic (exact) mass is 525 g/mol. The second kappa shape index (κ2) is 9.39. The van der Waals surface area contributed by atoms with Crippen molar-refractivity contribution in [2.45, 2.75) is 50.1 Å². The third-order valence-corrected chi connectivity index (χ3v) is 11.5. The second-order valence-corrected chi connectivity index (χ2v) is 18.0. The molecule has 0 N–H and O–H groups in total. The molecule has 3 aromatic carbocycles. The van der Waals surface area contributed by atoms with Gasteiger partial charge in [0.05, 0.1) is 0 Å². The van der Waals surface area contributed by atoms with E-state index in [1.165, 1.54) is 50.1 Å². The van der Waals surface area contributed by atoms with E-state index >= 15 is 0 Å². The van der Waals surface area contributed by atoms with Gasteiger partial charge in [-0.2, -0.15) is 0 Å². The van der Waals surface area contributed by atoms with Crippen molar-refractivity contribution >= 4 is 28.7 Å². The summed E-state index contributed by atoms with van der Waals surface area (Å²) in [6, 6.07) is 22.2. The SMILES string of the molecule is Cc1ccc2c(c1-c1cc(C(C)C)cc(C(C)C)c1)C=C(c1ccccc1)[CH]2[Zr]([Cl])[Cl]. The summed E-state index contributed by atoms with van der Waals surface area (Å²) in [5.41, 5.74) is 11.8. The van der Waals surface area contributed by atoms with Crippen LogP contribution in [-0.2, 0) is 19.4 Å². The Labute approximate surface area is 202 Å². The molecule has 1 atom stereocenters. The van der Waals surface area contributed by atoms with Gasteiger partial charge in [-0.3, -0.25) is 0 Å². The van der Waals surface area contributed by atoms with Crippen LogP contribution in [0, 0.1) is 6.92 Å². The standard InChI is InChI=1S/C28H29.2ClH.Zr/c1-18(2)23-14-24(19(3)4)16-26(15-23)28-20(5)11-12-22-13-25(17-27(22)28)21-9-7-6-8-10-21;;;/h6-19H,1-5H3;2*1H;/q;;;+2/p-2. The van der Waals surface area contributed by atoms with E-state index in [1.54, 1.807) is 0 Å². The van der Waals surface area contributed by atoms with Crippen LogP contribution in [0.15, 0.2) is 60.7 Å². The molecule has 1 aliphatic carbocycles. The predicted octanol–water partition coefficient (Wildman–Crippen LogP) is 9.43. The van der Waals surface area contributed by atoms with Crippen molar-refractivity contribution in [1.29, 1.82) is 0 Å². The number of fused-ring (bicyclic) bond motifs is 1. The van der Waals surface area contributed by atoms with E-state index in [0.29, 0.717) is 11.8 Å². The maximum atomic E-state index is 6.75. The second-order valence-electron chi connectivity index (χ2n) is 9.15. The summed E-state index contributed by atoms with van der Waals surface area (Å²) >= 11 is -2.61. The Balaban J connectivity index is 1.97. The first-order chi connectivity index (χ1) is 14.8. The van der Waals surface area contributed by atoms with Crippen LogP contribution in [0.2, 0.25) is 0 Å². The molecular weight excluding hydrogens is 498 g/mol. The van der Waals surface area contributed by atoms with Crippen LogP contribution >= 0.6 is 17.0 Å². The van der Waals surface area contributed by atoms with Gasteiger partial charge in [-0.05, 0) is 0 Å². The predicted molar refractivity (Wildman–Crippen MR) is 134 cm³/mol. The summed E-state index contributed by atoms with van der Waals surface area (Å²) < 4.78 is 0.167. The normalized spacial score (nSPS) is 15.4. The van der Waals surface area contributed by atoms with Crippen molar-refractivity contribution in [2.75, 3.05) is 0 Å². The average molecular weight is 528 g/mol. The molecule has 3 aromatic rings. The topological polar surface area (TPSA) is 0 Å². The Hall–Kier alpha value is -1.14. The molecule has 0 aliphatic heterocycles. The van der Waals surface area contributed by atoms with Crippen molar-refractivity contribution in [3.63, 3.8) is 0 Å². The number of allylic oxidation sites excluding steroid dienone is 1. The van der Waals surface area contributed by atoms with Gasteiger partial charge in [-0.1, -0.05) is 0 Å². The molecule has 4 rings (SSSR count). The fourth-order valence-corrected chi connectivity index (χ4v) is 9.72. The molecule has 0 radical (unpaired) electrons. The molecule has 0 aromatic heterocycles. The van der Waals surface area contributed by atoms with Crippen LogP contribution in [-0.4, -0.2) is 0 Å². The van der Waals surface area contributed by atoms with Gasteiger partial charge in [-0.25, -0.2) is 0 Å². The molecule has 159 valence electrons. The minimum atomic E-state index is -2.61. The Morgan fingerprint density at radius 1 is 0.774 bits per heavy atom. The number of hydrogen-bond donors (Lipinski definition) is 0. The average Bonchev–Trinajstić information content (AvgIpc) is 3.13. The van der Waals surface area contributed by atoms with Crippen molar-refractivity contribution in [2.24, 2.45) is 0 Å². The summed E-state index contributed by atoms with van der Waals surface area (Å²) in [7, 11) is 13.5. The molecule has 1 unspecified atom stereocenters. The summed E-state index contributed by atoms with van der Waals surface area (Å²) in [6.45, 7) is 11.3. The summed E-state index contributed by atoms with van der Waals surface area (Å²) in [6.07, 6.45) is 2.36. The van der Waals surface area contributed by atoms with Gasteiger partial charge in [0.25, 0.3) is 0 Å². The zero-order valence-corrected chi connectivity index (χ0v) is 22.8. The molecule has 0 amide bonds. The van der Waals surface area contributed by atoms with Crippen molar-refractivity contribution in [1.82, 2.24) is 0 Å². The number of benzene rings is 3. The molecule has 0 saturated heterocycles. The van der Waals surface area contributed by atoms with Crippen LogP contribution in [0.5, 0.6) is 0 Å². The van der Waals surface area contributed by atoms with Crippen LogP contribution in [0.25, 0.3) is 22.8 Å². The number of aryl methyl sites for hydroxylation is 1. The van der Waals surface area contributed by atoms with E-state index in [0.717, 1.165) is 0 Å².